The molecule has 0 aliphatic heterocycles. The SMILES string of the molecule is CCCCOCC(NC(=O)OCC1=CC(=O)C=CC1=O)OC. The monoisotopic (exact) mass is 311 g/mol. The quantitative estimate of drug-likeness (QED) is 0.390. The van der Waals surface area contributed by atoms with Crippen molar-refractivity contribution in [1.29, 1.82) is 0 Å². The van der Waals surface area contributed by atoms with Crippen LogP contribution < -0.4 is 5.32 Å². The molecule has 0 aromatic rings. The van der Waals surface area contributed by atoms with E-state index in [4.69, 9.17) is 14.2 Å². The van der Waals surface area contributed by atoms with Crippen molar-refractivity contribution in [2.75, 3.05) is 26.9 Å². The van der Waals surface area contributed by atoms with Gasteiger partial charge in [0, 0.05) is 19.3 Å². The highest BCUT2D eigenvalue weighted by molar-refractivity contribution is 6.17. The number of hydrogen-bond acceptors (Lipinski definition) is 6. The van der Waals surface area contributed by atoms with Crippen molar-refractivity contribution >= 4 is 17.7 Å². The maximum atomic E-state index is 11.6. The molecule has 7 heteroatoms. The third kappa shape index (κ3) is 6.64. The molecule has 122 valence electrons. The smallest absolute Gasteiger partial charge is 0.409 e. The highest BCUT2D eigenvalue weighted by atomic mass is 16.6. The molecule has 0 saturated carbocycles. The highest BCUT2D eigenvalue weighted by Gasteiger charge is 2.17. The van der Waals surface area contributed by atoms with E-state index in [0.717, 1.165) is 25.0 Å². The van der Waals surface area contributed by atoms with E-state index in [-0.39, 0.29) is 30.4 Å². The average Bonchev–Trinajstić information content (AvgIpc) is 2.51. The Labute approximate surface area is 129 Å². The summed E-state index contributed by atoms with van der Waals surface area (Å²) in [4.78, 5) is 34.2. The van der Waals surface area contributed by atoms with Crippen molar-refractivity contribution in [2.45, 2.75) is 26.0 Å². The summed E-state index contributed by atoms with van der Waals surface area (Å²) in [5, 5.41) is 2.46. The van der Waals surface area contributed by atoms with E-state index in [1.165, 1.54) is 13.2 Å². The highest BCUT2D eigenvalue weighted by Crippen LogP contribution is 2.06. The molecule has 1 amide bonds. The van der Waals surface area contributed by atoms with Gasteiger partial charge in [-0.15, -0.1) is 0 Å². The van der Waals surface area contributed by atoms with Crippen molar-refractivity contribution in [3.63, 3.8) is 0 Å². The Kier molecular flexibility index (Phi) is 8.09. The van der Waals surface area contributed by atoms with Crippen LogP contribution in [0.3, 0.4) is 0 Å². The zero-order valence-electron chi connectivity index (χ0n) is 12.8. The van der Waals surface area contributed by atoms with Crippen molar-refractivity contribution in [1.82, 2.24) is 5.32 Å². The lowest BCUT2D eigenvalue weighted by Gasteiger charge is -2.17. The predicted molar refractivity (Wildman–Crippen MR) is 78.2 cm³/mol. The lowest BCUT2D eigenvalue weighted by molar-refractivity contribution is -0.114. The van der Waals surface area contributed by atoms with Crippen LogP contribution in [0.2, 0.25) is 0 Å². The second-order valence-corrected chi connectivity index (χ2v) is 4.64. The van der Waals surface area contributed by atoms with E-state index in [9.17, 15) is 14.4 Å². The second-order valence-electron chi connectivity index (χ2n) is 4.64. The minimum Gasteiger partial charge on any atom is -0.444 e. The fourth-order valence-electron chi connectivity index (χ4n) is 1.59. The number of unbranched alkanes of at least 4 members (excludes halogenated alkanes) is 1. The van der Waals surface area contributed by atoms with Crippen LogP contribution in [0.15, 0.2) is 23.8 Å². The lowest BCUT2D eigenvalue weighted by atomic mass is 10.1. The number of alkyl carbamates (subject to hydrolysis) is 1. The number of methoxy groups -OCH3 is 1. The maximum Gasteiger partial charge on any atom is 0.409 e. The molecule has 7 nitrogen and oxygen atoms in total. The van der Waals surface area contributed by atoms with Gasteiger partial charge in [-0.2, -0.15) is 0 Å². The molecule has 0 radical (unpaired) electrons. The van der Waals surface area contributed by atoms with E-state index >= 15 is 0 Å². The fraction of sp³-hybridized carbons (Fsp3) is 0.533. The molecule has 0 bridgehead atoms. The first-order valence-corrected chi connectivity index (χ1v) is 7.07. The van der Waals surface area contributed by atoms with Gasteiger partial charge < -0.3 is 14.2 Å². The van der Waals surface area contributed by atoms with E-state index in [1.807, 2.05) is 6.92 Å². The molecule has 0 aromatic heterocycles. The van der Waals surface area contributed by atoms with E-state index in [0.29, 0.717) is 6.61 Å². The van der Waals surface area contributed by atoms with Crippen molar-refractivity contribution in [3.05, 3.63) is 23.8 Å². The predicted octanol–water partition coefficient (Wildman–Crippen LogP) is 1.14. The standard InChI is InChI=1S/C15H21NO6/c1-3-4-7-21-10-14(20-2)16-15(19)22-9-11-8-12(17)5-6-13(11)18/h5-6,8,14H,3-4,7,9-10H2,1-2H3,(H,16,19). The number of hydrogen-bond donors (Lipinski definition) is 1. The summed E-state index contributed by atoms with van der Waals surface area (Å²) in [6.07, 6.45) is 4.03. The summed E-state index contributed by atoms with van der Waals surface area (Å²) in [5.74, 6) is -0.656. The van der Waals surface area contributed by atoms with Crippen LogP contribution in [-0.2, 0) is 23.8 Å². The Morgan fingerprint density at radius 3 is 2.77 bits per heavy atom. The minimum atomic E-state index is -0.748. The number of carbonyl (C=O) groups is 3. The van der Waals surface area contributed by atoms with Gasteiger partial charge in [-0.1, -0.05) is 13.3 Å². The third-order valence-electron chi connectivity index (χ3n) is 2.87. The lowest BCUT2D eigenvalue weighted by Crippen LogP contribution is -2.40. The maximum absolute atomic E-state index is 11.6. The van der Waals surface area contributed by atoms with Crippen LogP contribution in [0.4, 0.5) is 4.79 Å². The Morgan fingerprint density at radius 1 is 1.32 bits per heavy atom. The normalized spacial score (nSPS) is 15.5. The van der Waals surface area contributed by atoms with Crippen LogP contribution in [0.25, 0.3) is 0 Å². The topological polar surface area (TPSA) is 90.9 Å². The van der Waals surface area contributed by atoms with Gasteiger partial charge in [-0.3, -0.25) is 14.9 Å². The first-order valence-electron chi connectivity index (χ1n) is 7.07. The molecule has 0 fully saturated rings. The summed E-state index contributed by atoms with van der Waals surface area (Å²) in [6, 6.07) is 0. The molecule has 1 aliphatic rings. The van der Waals surface area contributed by atoms with Gasteiger partial charge in [-0.25, -0.2) is 4.79 Å². The van der Waals surface area contributed by atoms with Crippen LogP contribution in [0.5, 0.6) is 0 Å². The van der Waals surface area contributed by atoms with Gasteiger partial charge in [-0.05, 0) is 24.6 Å². The molecule has 0 saturated heterocycles. The number of rotatable bonds is 9. The van der Waals surface area contributed by atoms with Crippen LogP contribution >= 0.6 is 0 Å². The van der Waals surface area contributed by atoms with Gasteiger partial charge >= 0.3 is 6.09 Å². The van der Waals surface area contributed by atoms with Crippen molar-refractivity contribution in [2.24, 2.45) is 0 Å². The van der Waals surface area contributed by atoms with E-state index in [1.54, 1.807) is 0 Å². The molecule has 0 aromatic carbocycles. The van der Waals surface area contributed by atoms with Gasteiger partial charge in [0.1, 0.15) is 6.61 Å². The molecule has 1 unspecified atom stereocenters. The summed E-state index contributed by atoms with van der Waals surface area (Å²) in [5.41, 5.74) is 0.135. The molecule has 1 aliphatic carbocycles. The molecule has 1 atom stereocenters. The summed E-state index contributed by atoms with van der Waals surface area (Å²) < 4.78 is 15.3. The van der Waals surface area contributed by atoms with Crippen LogP contribution in [0, 0.1) is 0 Å². The molecule has 22 heavy (non-hydrogen) atoms. The van der Waals surface area contributed by atoms with E-state index < -0.39 is 12.3 Å². The Morgan fingerprint density at radius 2 is 2.09 bits per heavy atom. The first-order chi connectivity index (χ1) is 10.6. The van der Waals surface area contributed by atoms with Gasteiger partial charge in [0.05, 0.1) is 6.61 Å². The molecule has 1 N–H and O–H groups in total. The van der Waals surface area contributed by atoms with Crippen molar-refractivity contribution in [3.8, 4) is 0 Å². The Balaban J connectivity index is 2.32. The Hall–Kier alpha value is -1.99. The van der Waals surface area contributed by atoms with Gasteiger partial charge in [0.25, 0.3) is 0 Å². The summed E-state index contributed by atoms with van der Waals surface area (Å²) >= 11 is 0. The van der Waals surface area contributed by atoms with Gasteiger partial charge in [0.15, 0.2) is 17.8 Å². The van der Waals surface area contributed by atoms with Crippen molar-refractivity contribution < 1.29 is 28.6 Å². The zero-order valence-corrected chi connectivity index (χ0v) is 12.8. The third-order valence-corrected chi connectivity index (χ3v) is 2.87. The molecule has 0 heterocycles. The fourth-order valence-corrected chi connectivity index (χ4v) is 1.59. The molecular formula is C15H21NO6. The minimum absolute atomic E-state index is 0.135. The number of nitrogens with one attached hydrogen (secondary N) is 1. The van der Waals surface area contributed by atoms with Crippen LogP contribution in [0.1, 0.15) is 19.8 Å². The molecular weight excluding hydrogens is 290 g/mol. The number of amides is 1. The van der Waals surface area contributed by atoms with E-state index in [2.05, 4.69) is 5.32 Å². The Bertz CT molecular complexity index is 469. The molecule has 1 rings (SSSR count). The number of ether oxygens (including phenoxy) is 3. The van der Waals surface area contributed by atoms with Crippen LogP contribution in [-0.4, -0.2) is 50.8 Å². The summed E-state index contributed by atoms with van der Waals surface area (Å²) in [7, 11) is 1.44. The number of allylic oxidation sites excluding steroid dienone is 3. The first kappa shape index (κ1) is 18.1. The number of ketones is 2. The largest absolute Gasteiger partial charge is 0.444 e. The zero-order chi connectivity index (χ0) is 16.4. The summed E-state index contributed by atoms with van der Waals surface area (Å²) in [6.45, 7) is 2.57. The second kappa shape index (κ2) is 9.86. The van der Waals surface area contributed by atoms with Gasteiger partial charge in [0.2, 0.25) is 0 Å². The number of carbonyl (C=O) groups excluding carboxylic acids is 3. The average molecular weight is 311 g/mol. The molecule has 0 spiro atoms.